The second kappa shape index (κ2) is 7.21. The number of hydrogen-bond donors (Lipinski definition) is 1. The molecule has 0 amide bonds. The van der Waals surface area contributed by atoms with Crippen molar-refractivity contribution in [3.8, 4) is 0 Å². The van der Waals surface area contributed by atoms with Gasteiger partial charge in [-0.2, -0.15) is 0 Å². The van der Waals surface area contributed by atoms with Gasteiger partial charge in [-0.25, -0.2) is 9.59 Å². The van der Waals surface area contributed by atoms with Crippen molar-refractivity contribution >= 4 is 11.9 Å². The number of fused-ring (bicyclic) bond motifs is 4. The average Bonchev–Trinajstić information content (AvgIpc) is 3.11. The van der Waals surface area contributed by atoms with Crippen LogP contribution in [-0.4, -0.2) is 47.1 Å². The van der Waals surface area contributed by atoms with Gasteiger partial charge in [-0.1, -0.05) is 26.8 Å². The molecule has 0 aromatic carbocycles. The number of aliphatic hydroxyl groups is 1. The SMILES string of the molecule is C/C=C/C(=O)O[C@H]1[C@@H]2C(C)CCC2[C@]2(C)OC1(C(C)C)CC2OC(=O)CO. The second-order valence-electron chi connectivity index (χ2n) is 8.83. The van der Waals surface area contributed by atoms with Crippen molar-refractivity contribution in [1.82, 2.24) is 0 Å². The van der Waals surface area contributed by atoms with E-state index in [4.69, 9.17) is 19.3 Å². The van der Waals surface area contributed by atoms with Crippen LogP contribution in [0.3, 0.4) is 0 Å². The van der Waals surface area contributed by atoms with E-state index in [2.05, 4.69) is 20.8 Å². The first-order chi connectivity index (χ1) is 12.7. The van der Waals surface area contributed by atoms with Gasteiger partial charge in [0.05, 0.1) is 0 Å². The fraction of sp³-hybridized carbons (Fsp3) is 0.810. The smallest absolute Gasteiger partial charge is 0.332 e. The molecule has 6 nitrogen and oxygen atoms in total. The normalized spacial score (nSPS) is 43.1. The summed E-state index contributed by atoms with van der Waals surface area (Å²) in [6, 6.07) is 0. The molecule has 3 fully saturated rings. The Morgan fingerprint density at radius 3 is 2.59 bits per heavy atom. The van der Waals surface area contributed by atoms with Gasteiger partial charge < -0.3 is 19.3 Å². The molecule has 3 rings (SSSR count). The summed E-state index contributed by atoms with van der Waals surface area (Å²) in [7, 11) is 0. The van der Waals surface area contributed by atoms with Gasteiger partial charge in [-0.05, 0) is 44.4 Å². The molecule has 7 atom stereocenters. The van der Waals surface area contributed by atoms with Crippen LogP contribution in [0.5, 0.6) is 0 Å². The molecule has 1 saturated carbocycles. The van der Waals surface area contributed by atoms with E-state index in [1.807, 2.05) is 6.92 Å². The number of hydrogen-bond acceptors (Lipinski definition) is 6. The minimum atomic E-state index is -0.702. The van der Waals surface area contributed by atoms with Gasteiger partial charge in [0.2, 0.25) is 0 Å². The van der Waals surface area contributed by atoms with E-state index in [0.717, 1.165) is 12.8 Å². The monoisotopic (exact) mass is 380 g/mol. The number of allylic oxidation sites excluding steroid dienone is 1. The molecular formula is C21H32O6. The number of aliphatic hydroxyl groups excluding tert-OH is 1. The van der Waals surface area contributed by atoms with E-state index in [-0.39, 0.29) is 29.8 Å². The molecule has 4 unspecified atom stereocenters. The van der Waals surface area contributed by atoms with Crippen LogP contribution < -0.4 is 0 Å². The first-order valence-electron chi connectivity index (χ1n) is 10.0. The van der Waals surface area contributed by atoms with Crippen molar-refractivity contribution in [2.75, 3.05) is 6.61 Å². The maximum atomic E-state index is 12.3. The molecule has 1 N–H and O–H groups in total. The third kappa shape index (κ3) is 3.11. The van der Waals surface area contributed by atoms with E-state index in [9.17, 15) is 9.59 Å². The van der Waals surface area contributed by atoms with Crippen molar-refractivity contribution < 1.29 is 28.9 Å². The minimum Gasteiger partial charge on any atom is -0.457 e. The van der Waals surface area contributed by atoms with Crippen LogP contribution in [0.2, 0.25) is 0 Å². The van der Waals surface area contributed by atoms with Crippen molar-refractivity contribution in [3.63, 3.8) is 0 Å². The summed E-state index contributed by atoms with van der Waals surface area (Å²) in [6.07, 6.45) is 4.73. The third-order valence-electron chi connectivity index (χ3n) is 7.10. The van der Waals surface area contributed by atoms with E-state index in [1.165, 1.54) is 6.08 Å². The van der Waals surface area contributed by atoms with Crippen LogP contribution in [0.1, 0.15) is 53.9 Å². The maximum Gasteiger partial charge on any atom is 0.332 e. The van der Waals surface area contributed by atoms with Gasteiger partial charge in [0.15, 0.2) is 0 Å². The highest BCUT2D eigenvalue weighted by Crippen LogP contribution is 2.63. The predicted molar refractivity (Wildman–Crippen MR) is 98.7 cm³/mol. The lowest BCUT2D eigenvalue weighted by Gasteiger charge is -2.52. The van der Waals surface area contributed by atoms with Gasteiger partial charge in [0.25, 0.3) is 0 Å². The summed E-state index contributed by atoms with van der Waals surface area (Å²) < 4.78 is 18.3. The molecule has 2 aliphatic heterocycles. The number of carbonyl (C=O) groups is 2. The molecule has 6 heteroatoms. The van der Waals surface area contributed by atoms with Crippen molar-refractivity contribution in [2.24, 2.45) is 23.7 Å². The Bertz CT molecular complexity index is 628. The molecule has 0 aromatic rings. The Hall–Kier alpha value is -1.40. The van der Waals surface area contributed by atoms with Crippen LogP contribution in [0, 0.1) is 23.7 Å². The van der Waals surface area contributed by atoms with Gasteiger partial charge in [0.1, 0.15) is 30.0 Å². The lowest BCUT2D eigenvalue weighted by atomic mass is 9.69. The zero-order valence-electron chi connectivity index (χ0n) is 16.9. The molecule has 3 aliphatic rings. The lowest BCUT2D eigenvalue weighted by molar-refractivity contribution is -0.264. The van der Waals surface area contributed by atoms with Crippen LogP contribution in [-0.2, 0) is 23.8 Å². The molecule has 2 heterocycles. The Morgan fingerprint density at radius 1 is 1.30 bits per heavy atom. The van der Waals surface area contributed by atoms with E-state index < -0.39 is 29.9 Å². The molecule has 1 aliphatic carbocycles. The fourth-order valence-corrected chi connectivity index (χ4v) is 5.74. The Morgan fingerprint density at radius 2 is 2.00 bits per heavy atom. The summed E-state index contributed by atoms with van der Waals surface area (Å²) >= 11 is 0. The maximum absolute atomic E-state index is 12.3. The highest BCUT2D eigenvalue weighted by atomic mass is 16.6. The number of rotatable bonds is 5. The Labute approximate surface area is 161 Å². The molecule has 27 heavy (non-hydrogen) atoms. The largest absolute Gasteiger partial charge is 0.457 e. The molecule has 152 valence electrons. The van der Waals surface area contributed by atoms with Crippen molar-refractivity contribution in [3.05, 3.63) is 12.2 Å². The summed E-state index contributed by atoms with van der Waals surface area (Å²) in [5.41, 5.74) is -1.33. The molecule has 2 bridgehead atoms. The van der Waals surface area contributed by atoms with E-state index in [1.54, 1.807) is 13.0 Å². The molecule has 2 saturated heterocycles. The minimum absolute atomic E-state index is 0.0757. The van der Waals surface area contributed by atoms with Crippen molar-refractivity contribution in [1.29, 1.82) is 0 Å². The van der Waals surface area contributed by atoms with E-state index >= 15 is 0 Å². The fourth-order valence-electron chi connectivity index (χ4n) is 5.74. The zero-order valence-corrected chi connectivity index (χ0v) is 16.9. The quantitative estimate of drug-likeness (QED) is 0.583. The molecule has 0 aromatic heterocycles. The summed E-state index contributed by atoms with van der Waals surface area (Å²) in [5.74, 6) is -0.219. The predicted octanol–water partition coefficient (Wildman–Crippen LogP) is 2.63. The second-order valence-corrected chi connectivity index (χ2v) is 8.83. The summed E-state index contributed by atoms with van der Waals surface area (Å²) in [6.45, 7) is 9.49. The van der Waals surface area contributed by atoms with E-state index in [0.29, 0.717) is 12.3 Å². The highest BCUT2D eigenvalue weighted by Gasteiger charge is 2.72. The van der Waals surface area contributed by atoms with Crippen LogP contribution in [0.25, 0.3) is 0 Å². The van der Waals surface area contributed by atoms with Crippen molar-refractivity contribution in [2.45, 2.75) is 77.3 Å². The van der Waals surface area contributed by atoms with Crippen LogP contribution in [0.15, 0.2) is 12.2 Å². The topological polar surface area (TPSA) is 82.1 Å². The average molecular weight is 380 g/mol. The lowest BCUT2D eigenvalue weighted by Crippen LogP contribution is -2.62. The highest BCUT2D eigenvalue weighted by molar-refractivity contribution is 5.82. The van der Waals surface area contributed by atoms with Gasteiger partial charge in [-0.3, -0.25) is 0 Å². The third-order valence-corrected chi connectivity index (χ3v) is 7.10. The Kier molecular flexibility index (Phi) is 5.43. The summed E-state index contributed by atoms with van der Waals surface area (Å²) in [4.78, 5) is 24.2. The molecule has 0 spiro atoms. The Balaban J connectivity index is 2.04. The standard InChI is InChI=1S/C21H32O6/c1-6-7-16(23)26-19-18-13(4)8-9-14(18)20(5)15(25-17(24)11-22)10-21(19,27-20)12(2)3/h6-7,12-15,18-19,22H,8-11H2,1-5H3/b7-6+/t13?,14?,15?,18-,19+,20+,21?/m1/s1. The number of ether oxygens (including phenoxy) is 3. The van der Waals surface area contributed by atoms with Gasteiger partial charge in [0, 0.05) is 18.4 Å². The zero-order chi connectivity index (χ0) is 20.0. The van der Waals surface area contributed by atoms with Crippen LogP contribution >= 0.6 is 0 Å². The van der Waals surface area contributed by atoms with Gasteiger partial charge >= 0.3 is 11.9 Å². The summed E-state index contributed by atoms with van der Waals surface area (Å²) in [5, 5.41) is 9.16. The molecule has 0 radical (unpaired) electrons. The first-order valence-corrected chi connectivity index (χ1v) is 10.0. The number of carbonyl (C=O) groups excluding carboxylic acids is 2. The van der Waals surface area contributed by atoms with Gasteiger partial charge in [-0.15, -0.1) is 0 Å². The van der Waals surface area contributed by atoms with Crippen LogP contribution in [0.4, 0.5) is 0 Å². The first kappa shape index (κ1) is 20.3. The number of esters is 2. The molecular weight excluding hydrogens is 348 g/mol.